The molecule has 0 saturated carbocycles. The summed E-state index contributed by atoms with van der Waals surface area (Å²) in [6.07, 6.45) is 1.78. The highest BCUT2D eigenvalue weighted by molar-refractivity contribution is 5.80. The van der Waals surface area contributed by atoms with Crippen molar-refractivity contribution in [2.24, 2.45) is 0 Å². The average molecular weight is 189 g/mol. The molecule has 0 saturated heterocycles. The van der Waals surface area contributed by atoms with E-state index in [1.54, 1.807) is 31.5 Å². The van der Waals surface area contributed by atoms with Gasteiger partial charge in [-0.15, -0.1) is 0 Å². The molecule has 0 atom stereocenters. The van der Waals surface area contributed by atoms with Crippen LogP contribution in [-0.2, 0) is 11.3 Å². The van der Waals surface area contributed by atoms with Gasteiger partial charge in [-0.1, -0.05) is 0 Å². The van der Waals surface area contributed by atoms with Crippen molar-refractivity contribution in [3.63, 3.8) is 0 Å². The Morgan fingerprint density at radius 2 is 2.21 bits per heavy atom. The molecule has 3 nitrogen and oxygen atoms in total. The van der Waals surface area contributed by atoms with Crippen molar-refractivity contribution in [2.45, 2.75) is 6.61 Å². The van der Waals surface area contributed by atoms with Crippen molar-refractivity contribution in [3.8, 4) is 5.75 Å². The van der Waals surface area contributed by atoms with Crippen LogP contribution in [0.4, 0.5) is 0 Å². The van der Waals surface area contributed by atoms with Gasteiger partial charge in [0, 0.05) is 18.7 Å². The number of methoxy groups -OCH3 is 1. The van der Waals surface area contributed by atoms with Crippen LogP contribution in [0.25, 0.3) is 10.9 Å². The molecule has 0 aliphatic carbocycles. The van der Waals surface area contributed by atoms with Crippen molar-refractivity contribution < 1.29 is 9.84 Å². The Morgan fingerprint density at radius 3 is 3.00 bits per heavy atom. The van der Waals surface area contributed by atoms with Gasteiger partial charge in [0.05, 0.1) is 12.1 Å². The topological polar surface area (TPSA) is 42.4 Å². The van der Waals surface area contributed by atoms with E-state index in [9.17, 15) is 5.11 Å². The molecule has 0 aliphatic heterocycles. The van der Waals surface area contributed by atoms with Crippen LogP contribution in [0, 0.1) is 0 Å². The van der Waals surface area contributed by atoms with E-state index >= 15 is 0 Å². The molecule has 0 bridgehead atoms. The highest BCUT2D eigenvalue weighted by Crippen LogP contribution is 2.19. The molecular formula is C11H11NO2. The van der Waals surface area contributed by atoms with E-state index in [-0.39, 0.29) is 5.75 Å². The smallest absolute Gasteiger partial charge is 0.116 e. The Kier molecular flexibility index (Phi) is 2.33. The maximum Gasteiger partial charge on any atom is 0.116 e. The summed E-state index contributed by atoms with van der Waals surface area (Å²) in [5.74, 6) is 0.258. The van der Waals surface area contributed by atoms with Crippen LogP contribution >= 0.6 is 0 Å². The number of pyridine rings is 1. The molecule has 1 aromatic carbocycles. The third-order valence-electron chi connectivity index (χ3n) is 2.03. The first-order chi connectivity index (χ1) is 6.79. The first-order valence-electron chi connectivity index (χ1n) is 4.36. The van der Waals surface area contributed by atoms with Crippen molar-refractivity contribution in [1.82, 2.24) is 4.98 Å². The first kappa shape index (κ1) is 8.97. The van der Waals surface area contributed by atoms with E-state index in [0.29, 0.717) is 6.61 Å². The standard InChI is InChI=1S/C11H11NO2/c1-14-7-8-4-9-5-10(13)2-3-11(9)12-6-8/h2-6,13H,7H2,1H3. The number of hydrogen-bond acceptors (Lipinski definition) is 3. The van der Waals surface area contributed by atoms with E-state index in [1.807, 2.05) is 6.07 Å². The van der Waals surface area contributed by atoms with Crippen molar-refractivity contribution in [3.05, 3.63) is 36.0 Å². The molecule has 0 fully saturated rings. The van der Waals surface area contributed by atoms with Crippen LogP contribution in [-0.4, -0.2) is 17.2 Å². The summed E-state index contributed by atoms with van der Waals surface area (Å²) in [6, 6.07) is 7.08. The molecule has 0 spiro atoms. The highest BCUT2D eigenvalue weighted by atomic mass is 16.5. The molecule has 1 heterocycles. The quantitative estimate of drug-likeness (QED) is 0.786. The van der Waals surface area contributed by atoms with Crippen LogP contribution in [0.5, 0.6) is 5.75 Å². The van der Waals surface area contributed by atoms with E-state index in [1.165, 1.54) is 0 Å². The monoisotopic (exact) mass is 189 g/mol. The Balaban J connectivity index is 2.52. The Hall–Kier alpha value is -1.61. The third kappa shape index (κ3) is 1.67. The molecule has 0 amide bonds. The number of hydrogen-bond donors (Lipinski definition) is 1. The molecule has 2 rings (SSSR count). The molecule has 0 unspecified atom stereocenters. The van der Waals surface area contributed by atoms with Gasteiger partial charge in [0.2, 0.25) is 0 Å². The van der Waals surface area contributed by atoms with Crippen molar-refractivity contribution in [2.75, 3.05) is 7.11 Å². The molecular weight excluding hydrogens is 178 g/mol. The lowest BCUT2D eigenvalue weighted by Crippen LogP contribution is -1.89. The molecule has 14 heavy (non-hydrogen) atoms. The van der Waals surface area contributed by atoms with Crippen LogP contribution in [0.3, 0.4) is 0 Å². The number of aromatic nitrogens is 1. The minimum Gasteiger partial charge on any atom is -0.508 e. The molecule has 72 valence electrons. The van der Waals surface area contributed by atoms with E-state index in [4.69, 9.17) is 4.74 Å². The van der Waals surface area contributed by atoms with Crippen LogP contribution in [0.2, 0.25) is 0 Å². The van der Waals surface area contributed by atoms with E-state index < -0.39 is 0 Å². The minimum atomic E-state index is 0.258. The van der Waals surface area contributed by atoms with Gasteiger partial charge in [0.1, 0.15) is 5.75 Å². The first-order valence-corrected chi connectivity index (χ1v) is 4.36. The van der Waals surface area contributed by atoms with Crippen LogP contribution in [0.1, 0.15) is 5.56 Å². The second-order valence-electron chi connectivity index (χ2n) is 3.15. The van der Waals surface area contributed by atoms with Gasteiger partial charge in [-0.2, -0.15) is 0 Å². The predicted octanol–water partition coefficient (Wildman–Crippen LogP) is 2.09. The van der Waals surface area contributed by atoms with Crippen molar-refractivity contribution >= 4 is 10.9 Å². The zero-order valence-corrected chi connectivity index (χ0v) is 7.90. The highest BCUT2D eigenvalue weighted by Gasteiger charge is 1.98. The summed E-state index contributed by atoms with van der Waals surface area (Å²) >= 11 is 0. The summed E-state index contributed by atoms with van der Waals surface area (Å²) in [5, 5.41) is 10.2. The summed E-state index contributed by atoms with van der Waals surface area (Å²) in [4.78, 5) is 4.25. The lowest BCUT2D eigenvalue weighted by atomic mass is 10.1. The fraction of sp³-hybridized carbons (Fsp3) is 0.182. The molecule has 1 aromatic heterocycles. The minimum absolute atomic E-state index is 0.258. The van der Waals surface area contributed by atoms with E-state index in [0.717, 1.165) is 16.5 Å². The SMILES string of the molecule is COCc1cnc2ccc(O)cc2c1. The zero-order chi connectivity index (χ0) is 9.97. The molecule has 3 heteroatoms. The maximum absolute atomic E-state index is 9.29. The Morgan fingerprint density at radius 1 is 1.36 bits per heavy atom. The number of phenols is 1. The number of rotatable bonds is 2. The number of aromatic hydroxyl groups is 1. The average Bonchev–Trinajstić information content (AvgIpc) is 2.17. The summed E-state index contributed by atoms with van der Waals surface area (Å²) < 4.78 is 5.00. The van der Waals surface area contributed by atoms with Gasteiger partial charge >= 0.3 is 0 Å². The maximum atomic E-state index is 9.29. The second-order valence-corrected chi connectivity index (χ2v) is 3.15. The lowest BCUT2D eigenvalue weighted by molar-refractivity contribution is 0.184. The predicted molar refractivity (Wildman–Crippen MR) is 54.1 cm³/mol. The van der Waals surface area contributed by atoms with Crippen LogP contribution < -0.4 is 0 Å². The largest absolute Gasteiger partial charge is 0.508 e. The van der Waals surface area contributed by atoms with Crippen LogP contribution in [0.15, 0.2) is 30.5 Å². The number of benzene rings is 1. The summed E-state index contributed by atoms with van der Waals surface area (Å²) in [6.45, 7) is 0.540. The number of nitrogens with zero attached hydrogens (tertiary/aromatic N) is 1. The molecule has 1 N–H and O–H groups in total. The zero-order valence-electron chi connectivity index (χ0n) is 7.90. The van der Waals surface area contributed by atoms with Gasteiger partial charge in [-0.3, -0.25) is 4.98 Å². The van der Waals surface area contributed by atoms with Gasteiger partial charge in [0.25, 0.3) is 0 Å². The van der Waals surface area contributed by atoms with Crippen molar-refractivity contribution in [1.29, 1.82) is 0 Å². The second kappa shape index (κ2) is 3.64. The number of ether oxygens (including phenoxy) is 1. The summed E-state index contributed by atoms with van der Waals surface area (Å²) in [5.41, 5.74) is 1.88. The fourth-order valence-electron chi connectivity index (χ4n) is 1.41. The Bertz CT molecular complexity index is 454. The molecule has 0 radical (unpaired) electrons. The lowest BCUT2D eigenvalue weighted by Gasteiger charge is -2.02. The normalized spacial score (nSPS) is 10.6. The van der Waals surface area contributed by atoms with Gasteiger partial charge in [-0.05, 0) is 29.8 Å². The third-order valence-corrected chi connectivity index (χ3v) is 2.03. The Labute approximate surface area is 82.0 Å². The van der Waals surface area contributed by atoms with E-state index in [2.05, 4.69) is 4.98 Å². The molecule has 2 aromatic rings. The molecule has 0 aliphatic rings. The van der Waals surface area contributed by atoms with Gasteiger partial charge in [-0.25, -0.2) is 0 Å². The number of fused-ring (bicyclic) bond motifs is 1. The van der Waals surface area contributed by atoms with Gasteiger partial charge in [0.15, 0.2) is 0 Å². The summed E-state index contributed by atoms with van der Waals surface area (Å²) in [7, 11) is 1.65. The number of phenolic OH excluding ortho intramolecular Hbond substituents is 1. The fourth-order valence-corrected chi connectivity index (χ4v) is 1.41. The van der Waals surface area contributed by atoms with Gasteiger partial charge < -0.3 is 9.84 Å².